The minimum Gasteiger partial charge on any atom is -0.390 e. The van der Waals surface area contributed by atoms with E-state index in [1.807, 2.05) is 44.4 Å². The smallest absolute Gasteiger partial charge is 0.390 e. The van der Waals surface area contributed by atoms with Gasteiger partial charge in [-0.3, -0.25) is 9.89 Å². The molecule has 6 N–H and O–H groups in total. The molecule has 7 rings (SSSR count). The predicted octanol–water partition coefficient (Wildman–Crippen LogP) is 14.1. The first-order valence-electron chi connectivity index (χ1n) is 33.5. The zero-order chi connectivity index (χ0) is 63.9. The van der Waals surface area contributed by atoms with Crippen molar-refractivity contribution in [1.29, 1.82) is 0 Å². The second-order valence-electron chi connectivity index (χ2n) is 27.5. The topological polar surface area (TPSA) is 97.5 Å². The van der Waals surface area contributed by atoms with Crippen molar-refractivity contribution in [3.05, 3.63) is 118 Å². The minimum atomic E-state index is -4.56. The summed E-state index contributed by atoms with van der Waals surface area (Å²) in [5, 5.41) is 23.8. The molecule has 0 amide bonds. The maximum absolute atomic E-state index is 13.8. The van der Waals surface area contributed by atoms with Crippen LogP contribution in [0.15, 0.2) is 95.4 Å². The molecule has 88 heavy (non-hydrogen) atoms. The first-order valence-corrected chi connectivity index (χ1v) is 33.9. The van der Waals surface area contributed by atoms with Crippen LogP contribution in [0.2, 0.25) is 5.02 Å². The summed E-state index contributed by atoms with van der Waals surface area (Å²) >= 11 is 6.18. The number of nitrogens with one attached hydrogen (secondary N) is 6. The molecule has 2 aromatic rings. The number of allylic oxidation sites excluding steroid dienone is 4. The van der Waals surface area contributed by atoms with Gasteiger partial charge >= 0.3 is 12.4 Å². The molecule has 3 aliphatic heterocycles. The van der Waals surface area contributed by atoms with E-state index < -0.39 is 23.5 Å². The van der Waals surface area contributed by atoms with Crippen LogP contribution in [0.25, 0.3) is 0 Å². The summed E-state index contributed by atoms with van der Waals surface area (Å²) in [5.41, 5.74) is 3.45. The fourth-order valence-corrected chi connectivity index (χ4v) is 14.8. The fraction of sp³-hybridized carbons (Fsp3) is 0.700. The van der Waals surface area contributed by atoms with Crippen LogP contribution in [0.1, 0.15) is 175 Å². The van der Waals surface area contributed by atoms with E-state index in [1.54, 1.807) is 18.3 Å². The van der Waals surface area contributed by atoms with Crippen molar-refractivity contribution in [2.45, 2.75) is 232 Å². The summed E-state index contributed by atoms with van der Waals surface area (Å²) in [6, 6.07) is 11.8. The molecule has 5 aliphatic rings. The van der Waals surface area contributed by atoms with Crippen molar-refractivity contribution in [3.63, 3.8) is 0 Å². The molecule has 2 saturated carbocycles. The lowest BCUT2D eigenvalue weighted by Crippen LogP contribution is -2.70. The van der Waals surface area contributed by atoms with Gasteiger partial charge in [0.15, 0.2) is 0 Å². The van der Waals surface area contributed by atoms with Crippen molar-refractivity contribution >= 4 is 17.3 Å². The Morgan fingerprint density at radius 3 is 2.14 bits per heavy atom. The van der Waals surface area contributed by atoms with Crippen molar-refractivity contribution in [1.82, 2.24) is 51.5 Å². The number of aryl methyl sites for hydroxylation is 1. The molecule has 0 aromatic heterocycles. The molecule has 4 fully saturated rings. The maximum Gasteiger partial charge on any atom is 0.417 e. The van der Waals surface area contributed by atoms with Crippen molar-refractivity contribution in [2.75, 3.05) is 59.9 Å². The summed E-state index contributed by atoms with van der Waals surface area (Å²) in [4.78, 5) is 14.5. The average Bonchev–Trinajstić information content (AvgIpc) is 1.36. The van der Waals surface area contributed by atoms with Crippen LogP contribution in [-0.4, -0.2) is 139 Å². The Balaban J connectivity index is 1.20. The Labute approximate surface area is 530 Å². The number of hydrogen-bond donors (Lipinski definition) is 6. The SMILES string of the molecule is CC[C@H](C)[C@H]1CN[C@@H](CC(C)C)C(C)NCC2[C@H](C)CN2[C@@H](C2CCCC2)C(C)NC2(CCCC2)CNCCNC=CC(CCc2ccc(C(F)(F)F)c(Cl)c2)=NC=C(C)N(C)C=C(Cc2ccc(C(F)(F)F)cc2)N(C)C=C2CCCN2[C@@H](C)C(C)N1. The van der Waals surface area contributed by atoms with Crippen molar-refractivity contribution in [3.8, 4) is 0 Å². The normalized spacial score (nSPS) is 28.5. The van der Waals surface area contributed by atoms with Gasteiger partial charge in [0.2, 0.25) is 0 Å². The highest BCUT2D eigenvalue weighted by Gasteiger charge is 2.47. The molecule has 18 heteroatoms. The van der Waals surface area contributed by atoms with Gasteiger partial charge in [-0.15, -0.1) is 0 Å². The van der Waals surface area contributed by atoms with E-state index in [0.29, 0.717) is 84.9 Å². The number of alkyl halides is 6. The van der Waals surface area contributed by atoms with Crippen LogP contribution in [0.5, 0.6) is 0 Å². The molecular formula is C70H110ClF6N11. The first kappa shape index (κ1) is 71.3. The largest absolute Gasteiger partial charge is 0.417 e. The molecule has 494 valence electrons. The molecule has 11 nitrogen and oxygen atoms in total. The molecule has 2 aliphatic carbocycles. The number of likely N-dealkylation sites (N-methyl/N-ethyl adjacent to an activating group) is 1. The Hall–Kier alpha value is -4.10. The fourth-order valence-electron chi connectivity index (χ4n) is 14.5. The number of benzene rings is 2. The van der Waals surface area contributed by atoms with Crippen LogP contribution >= 0.6 is 11.6 Å². The summed E-state index contributed by atoms with van der Waals surface area (Å²) in [5.74, 6) is 2.30. The Morgan fingerprint density at radius 1 is 0.784 bits per heavy atom. The third kappa shape index (κ3) is 20.2. The highest BCUT2D eigenvalue weighted by Crippen LogP contribution is 2.40. The summed E-state index contributed by atoms with van der Waals surface area (Å²) in [7, 11) is 3.95. The highest BCUT2D eigenvalue weighted by atomic mass is 35.5. The molecule has 1 spiro atoms. The number of aliphatic imine (C=N–C) groups is 1. The van der Waals surface area contributed by atoms with Gasteiger partial charge in [-0.25, -0.2) is 0 Å². The lowest BCUT2D eigenvalue weighted by atomic mass is 9.80. The van der Waals surface area contributed by atoms with E-state index in [4.69, 9.17) is 16.6 Å². The van der Waals surface area contributed by atoms with Crippen LogP contribution in [0.3, 0.4) is 0 Å². The molecule has 0 radical (unpaired) electrons. The van der Waals surface area contributed by atoms with E-state index >= 15 is 0 Å². The zero-order valence-electron chi connectivity index (χ0n) is 55.3. The molecule has 2 saturated heterocycles. The van der Waals surface area contributed by atoms with E-state index in [-0.39, 0.29) is 34.7 Å². The van der Waals surface area contributed by atoms with Crippen LogP contribution in [0.4, 0.5) is 26.3 Å². The van der Waals surface area contributed by atoms with Gasteiger partial charge in [0.1, 0.15) is 0 Å². The van der Waals surface area contributed by atoms with Crippen LogP contribution in [-0.2, 0) is 25.2 Å². The van der Waals surface area contributed by atoms with Crippen LogP contribution < -0.4 is 31.9 Å². The monoisotopic (exact) mass is 1250 g/mol. The van der Waals surface area contributed by atoms with Gasteiger partial charge in [0.25, 0.3) is 0 Å². The molecule has 2 aromatic carbocycles. The minimum absolute atomic E-state index is 0.0230. The summed E-state index contributed by atoms with van der Waals surface area (Å²) < 4.78 is 82.4. The van der Waals surface area contributed by atoms with E-state index in [2.05, 4.69) is 115 Å². The van der Waals surface area contributed by atoms with Gasteiger partial charge in [-0.1, -0.05) is 96.5 Å². The van der Waals surface area contributed by atoms with Gasteiger partial charge in [-0.05, 0) is 164 Å². The second kappa shape index (κ2) is 33.0. The molecule has 3 heterocycles. The Bertz CT molecular complexity index is 2620. The second-order valence-corrected chi connectivity index (χ2v) is 27.9. The quantitative estimate of drug-likeness (QED) is 0.129. The average molecular weight is 1260 g/mol. The molecular weight excluding hydrogens is 1140 g/mol. The van der Waals surface area contributed by atoms with Gasteiger partial charge < -0.3 is 46.6 Å². The number of halogens is 7. The van der Waals surface area contributed by atoms with E-state index in [0.717, 1.165) is 113 Å². The standard InChI is InChI=1S/C70H110ClF6N11/c1-13-48(4)65-41-82-64(37-47(2)3)52(8)80-42-66-49(5)43-88(66)67(57-19-14-15-20-57)53(9)84-68(31-16-17-32-68)46-79-35-34-78-33-30-59(28-24-56-25-29-62(63(71)39-56)70(75,76)77)81-40-50(6)85(11)45-61(38-55-22-26-58(27-23-55)69(72,73)74)86(12)44-60-21-18-36-87(60)54(10)51(7)83-65/h22-23,25-27,29-30,33,39-40,44-45,47-49,51-54,57,64-67,78-80,82-84H,13-21,24,28,31-32,34-38,41-43,46H2,1-12H3/t48-,49+,51?,52?,53?,54-,64-,65+,66?,67+/m0/s1. The van der Waals surface area contributed by atoms with E-state index in [1.165, 1.54) is 56.4 Å². The Morgan fingerprint density at radius 2 is 1.49 bits per heavy atom. The lowest BCUT2D eigenvalue weighted by molar-refractivity contribution is -0.138. The Kier molecular flexibility index (Phi) is 26.7. The lowest BCUT2D eigenvalue weighted by Gasteiger charge is -2.55. The number of hydrogen-bond acceptors (Lipinski definition) is 11. The number of fused-ring (bicyclic) bond motifs is 2. The van der Waals surface area contributed by atoms with Gasteiger partial charge in [-0.2, -0.15) is 26.3 Å². The van der Waals surface area contributed by atoms with Crippen molar-refractivity contribution in [2.24, 2.45) is 28.7 Å². The third-order valence-electron chi connectivity index (χ3n) is 20.3. The third-order valence-corrected chi connectivity index (χ3v) is 20.7. The molecule has 4 unspecified atom stereocenters. The maximum atomic E-state index is 13.8. The predicted molar refractivity (Wildman–Crippen MR) is 352 cm³/mol. The number of rotatable bonds is 10. The molecule has 0 bridgehead atoms. The summed E-state index contributed by atoms with van der Waals surface area (Å²) in [6.07, 6.45) is 16.0. The van der Waals surface area contributed by atoms with Crippen LogP contribution in [0, 0.1) is 23.7 Å². The van der Waals surface area contributed by atoms with Gasteiger partial charge in [0, 0.05) is 162 Å². The molecule has 10 atom stereocenters. The number of nitrogens with zero attached hydrogens (tertiary/aromatic N) is 5. The first-order chi connectivity index (χ1) is 41.7. The van der Waals surface area contributed by atoms with Gasteiger partial charge in [0.05, 0.1) is 16.1 Å². The summed E-state index contributed by atoms with van der Waals surface area (Å²) in [6.45, 7) is 29.5. The van der Waals surface area contributed by atoms with Crippen molar-refractivity contribution < 1.29 is 26.3 Å². The highest BCUT2D eigenvalue weighted by molar-refractivity contribution is 6.31. The van der Waals surface area contributed by atoms with E-state index in [9.17, 15) is 26.3 Å². The zero-order valence-corrected chi connectivity index (χ0v) is 56.1.